The number of nitriles is 1. The molecule has 53 heavy (non-hydrogen) atoms. The van der Waals surface area contributed by atoms with E-state index in [1.807, 2.05) is 0 Å². The second-order valence-corrected chi connectivity index (χ2v) is 13.7. The third-order valence-corrected chi connectivity index (χ3v) is 10.9. The smallest absolute Gasteiger partial charge is 0.104 e. The number of hydrogen-bond donors (Lipinski definition) is 0. The first-order chi connectivity index (χ1) is 26.3. The van der Waals surface area contributed by atoms with Crippen molar-refractivity contribution >= 4 is 65.4 Å². The molecule has 4 nitrogen and oxygen atoms in total. The van der Waals surface area contributed by atoms with E-state index in [0.717, 1.165) is 71.8 Å². The average molecular weight is 675 g/mol. The fourth-order valence-electron chi connectivity index (χ4n) is 8.64. The highest BCUT2D eigenvalue weighted by Crippen LogP contribution is 2.41. The van der Waals surface area contributed by atoms with Crippen molar-refractivity contribution in [2.45, 2.75) is 0 Å². The Morgan fingerprint density at radius 3 is 1.02 bits per heavy atom. The molecule has 0 bridgehead atoms. The van der Waals surface area contributed by atoms with Crippen LogP contribution in [0.25, 0.3) is 93.6 Å². The van der Waals surface area contributed by atoms with Gasteiger partial charge in [-0.05, 0) is 71.8 Å². The van der Waals surface area contributed by atoms with Crippen LogP contribution in [-0.2, 0) is 0 Å². The minimum atomic E-state index is 0.616. The Balaban J connectivity index is 1.25. The molecule has 0 fully saturated rings. The first kappa shape index (κ1) is 29.4. The summed E-state index contributed by atoms with van der Waals surface area (Å²) in [4.78, 5) is 0. The van der Waals surface area contributed by atoms with Gasteiger partial charge in [-0.2, -0.15) is 5.26 Å². The summed E-state index contributed by atoms with van der Waals surface area (Å²) in [6, 6.07) is 67.2. The Morgan fingerprint density at radius 1 is 0.321 bits per heavy atom. The Labute approximate surface area is 305 Å². The van der Waals surface area contributed by atoms with Gasteiger partial charge >= 0.3 is 0 Å². The van der Waals surface area contributed by atoms with Crippen LogP contribution in [0.4, 0.5) is 0 Å². The predicted molar refractivity (Wildman–Crippen MR) is 220 cm³/mol. The molecule has 0 aliphatic carbocycles. The van der Waals surface area contributed by atoms with Crippen molar-refractivity contribution in [2.24, 2.45) is 0 Å². The van der Waals surface area contributed by atoms with Crippen LogP contribution in [0, 0.1) is 11.3 Å². The third-order valence-electron chi connectivity index (χ3n) is 10.9. The van der Waals surface area contributed by atoms with Crippen LogP contribution in [0.3, 0.4) is 0 Å². The quantitative estimate of drug-likeness (QED) is 0.183. The van der Waals surface area contributed by atoms with E-state index in [9.17, 15) is 5.26 Å². The highest BCUT2D eigenvalue weighted by atomic mass is 15.0. The lowest BCUT2D eigenvalue weighted by Gasteiger charge is -2.19. The summed E-state index contributed by atoms with van der Waals surface area (Å²) in [6.07, 6.45) is 0. The molecule has 0 saturated carbocycles. The first-order valence-electron chi connectivity index (χ1n) is 17.9. The van der Waals surface area contributed by atoms with Gasteiger partial charge in [-0.15, -0.1) is 0 Å². The van der Waals surface area contributed by atoms with E-state index < -0.39 is 0 Å². The van der Waals surface area contributed by atoms with Gasteiger partial charge in [-0.25, -0.2) is 0 Å². The molecule has 3 heterocycles. The molecule has 11 rings (SSSR count). The van der Waals surface area contributed by atoms with Crippen LogP contribution in [0.1, 0.15) is 5.56 Å². The van der Waals surface area contributed by atoms with E-state index in [1.165, 1.54) is 21.8 Å². The van der Waals surface area contributed by atoms with Crippen molar-refractivity contribution in [1.29, 1.82) is 5.26 Å². The van der Waals surface area contributed by atoms with Gasteiger partial charge in [-0.3, -0.25) is 0 Å². The number of nitrogens with zero attached hydrogens (tertiary/aromatic N) is 4. The fraction of sp³-hybridized carbons (Fsp3) is 0. The topological polar surface area (TPSA) is 38.6 Å². The molecule has 0 N–H and O–H groups in total. The van der Waals surface area contributed by atoms with Crippen LogP contribution < -0.4 is 0 Å². The van der Waals surface area contributed by atoms with Crippen molar-refractivity contribution in [3.05, 3.63) is 188 Å². The molecule has 0 amide bonds. The van der Waals surface area contributed by atoms with Gasteiger partial charge in [0.25, 0.3) is 0 Å². The van der Waals surface area contributed by atoms with Crippen LogP contribution >= 0.6 is 0 Å². The molecular formula is C49H30N4. The Morgan fingerprint density at radius 2 is 0.660 bits per heavy atom. The standard InChI is InChI=1S/C49H30N4/c50-31-41-48(52-44-24-9-3-18-37(44)38-19-4-10-25-45(38)52)29-33(30-49(41)53-46-26-11-5-20-39(46)40-21-6-12-27-47(40)53)32-14-13-15-34(28-32)51-42-22-7-1-16-35(42)36-17-2-8-23-43(36)51/h1-30H. The molecule has 0 aliphatic rings. The van der Waals surface area contributed by atoms with Crippen LogP contribution in [-0.4, -0.2) is 13.7 Å². The summed E-state index contributed by atoms with van der Waals surface area (Å²) < 4.78 is 6.92. The predicted octanol–water partition coefficient (Wildman–Crippen LogP) is 12.5. The zero-order valence-corrected chi connectivity index (χ0v) is 28.6. The molecule has 0 spiro atoms. The molecule has 0 atom stereocenters. The lowest BCUT2D eigenvalue weighted by Crippen LogP contribution is -2.05. The lowest BCUT2D eigenvalue weighted by molar-refractivity contribution is 1.12. The largest absolute Gasteiger partial charge is 0.309 e. The lowest BCUT2D eigenvalue weighted by atomic mass is 9.99. The number of fused-ring (bicyclic) bond motifs is 9. The van der Waals surface area contributed by atoms with Crippen molar-refractivity contribution in [3.63, 3.8) is 0 Å². The van der Waals surface area contributed by atoms with Crippen molar-refractivity contribution in [3.8, 4) is 34.3 Å². The van der Waals surface area contributed by atoms with Gasteiger partial charge in [0.2, 0.25) is 0 Å². The summed E-state index contributed by atoms with van der Waals surface area (Å²) in [5.41, 5.74) is 12.1. The van der Waals surface area contributed by atoms with Crippen molar-refractivity contribution < 1.29 is 0 Å². The van der Waals surface area contributed by atoms with Gasteiger partial charge in [0, 0.05) is 38.0 Å². The van der Waals surface area contributed by atoms with Gasteiger partial charge in [0.05, 0.1) is 44.5 Å². The summed E-state index contributed by atoms with van der Waals surface area (Å²) >= 11 is 0. The summed E-state index contributed by atoms with van der Waals surface area (Å²) in [6.45, 7) is 0. The number of para-hydroxylation sites is 6. The normalized spacial score (nSPS) is 11.8. The fourth-order valence-corrected chi connectivity index (χ4v) is 8.64. The Kier molecular flexibility index (Phi) is 6.28. The summed E-state index contributed by atoms with van der Waals surface area (Å²) in [7, 11) is 0. The molecule has 11 aromatic rings. The van der Waals surface area contributed by atoms with E-state index in [2.05, 4.69) is 202 Å². The minimum Gasteiger partial charge on any atom is -0.309 e. The van der Waals surface area contributed by atoms with E-state index in [0.29, 0.717) is 5.56 Å². The highest BCUT2D eigenvalue weighted by Gasteiger charge is 2.22. The molecule has 0 saturated heterocycles. The maximum atomic E-state index is 11.2. The molecule has 3 aromatic heterocycles. The van der Waals surface area contributed by atoms with Gasteiger partial charge in [-0.1, -0.05) is 121 Å². The van der Waals surface area contributed by atoms with E-state index in [-0.39, 0.29) is 0 Å². The number of rotatable bonds is 4. The first-order valence-corrected chi connectivity index (χ1v) is 17.9. The minimum absolute atomic E-state index is 0.616. The third kappa shape index (κ3) is 4.22. The van der Waals surface area contributed by atoms with E-state index >= 15 is 0 Å². The number of hydrogen-bond acceptors (Lipinski definition) is 1. The molecule has 4 heteroatoms. The summed E-state index contributed by atoms with van der Waals surface area (Å²) in [5, 5.41) is 18.3. The van der Waals surface area contributed by atoms with Gasteiger partial charge in [0.15, 0.2) is 0 Å². The number of benzene rings is 8. The monoisotopic (exact) mass is 674 g/mol. The summed E-state index contributed by atoms with van der Waals surface area (Å²) in [5.74, 6) is 0. The highest BCUT2D eigenvalue weighted by molar-refractivity contribution is 6.12. The number of aromatic nitrogens is 3. The molecule has 0 radical (unpaired) electrons. The molecule has 8 aromatic carbocycles. The van der Waals surface area contributed by atoms with Gasteiger partial charge in [0.1, 0.15) is 11.6 Å². The SMILES string of the molecule is N#Cc1c(-n2c3ccccc3c3ccccc32)cc(-c2cccc(-n3c4ccccc4c4ccccc43)c2)cc1-n1c2ccccc2c2ccccc21. The molecule has 0 unspecified atom stereocenters. The van der Waals surface area contributed by atoms with Crippen molar-refractivity contribution in [1.82, 2.24) is 13.7 Å². The van der Waals surface area contributed by atoms with Crippen LogP contribution in [0.2, 0.25) is 0 Å². The Hall–Kier alpha value is -7.35. The maximum absolute atomic E-state index is 11.2. The Bertz CT molecular complexity index is 3010. The molecule has 246 valence electrons. The van der Waals surface area contributed by atoms with Gasteiger partial charge < -0.3 is 13.7 Å². The molecular weight excluding hydrogens is 645 g/mol. The van der Waals surface area contributed by atoms with Crippen LogP contribution in [0.5, 0.6) is 0 Å². The molecule has 0 aliphatic heterocycles. The second-order valence-electron chi connectivity index (χ2n) is 13.7. The zero-order valence-electron chi connectivity index (χ0n) is 28.6. The average Bonchev–Trinajstić information content (AvgIpc) is 3.86. The second kappa shape index (κ2) is 11.3. The van der Waals surface area contributed by atoms with Crippen molar-refractivity contribution in [2.75, 3.05) is 0 Å². The van der Waals surface area contributed by atoms with Crippen LogP contribution in [0.15, 0.2) is 182 Å². The zero-order chi connectivity index (χ0) is 35.0. The maximum Gasteiger partial charge on any atom is 0.104 e. The van der Waals surface area contributed by atoms with E-state index in [1.54, 1.807) is 0 Å². The van der Waals surface area contributed by atoms with E-state index in [4.69, 9.17) is 0 Å².